The number of aliphatic imine (C=N–C) groups is 2. The summed E-state index contributed by atoms with van der Waals surface area (Å²) in [5.74, 6) is 1.51. The summed E-state index contributed by atoms with van der Waals surface area (Å²) >= 11 is 0. The summed E-state index contributed by atoms with van der Waals surface area (Å²) < 4.78 is 2.49. The number of allylic oxidation sites excluding steroid dienone is 4. The minimum atomic E-state index is -0.269. The van der Waals surface area contributed by atoms with Crippen LogP contribution >= 0.6 is 0 Å². The van der Waals surface area contributed by atoms with Crippen molar-refractivity contribution in [3.63, 3.8) is 0 Å². The Morgan fingerprint density at radius 2 is 1.27 bits per heavy atom. The zero-order valence-electron chi connectivity index (χ0n) is 34.0. The lowest BCUT2D eigenvalue weighted by Gasteiger charge is -2.28. The van der Waals surface area contributed by atoms with Crippen LogP contribution in [0.15, 0.2) is 222 Å². The van der Waals surface area contributed by atoms with Gasteiger partial charge in [0.05, 0.1) is 22.6 Å². The Bertz CT molecular complexity index is 3330. The molecule has 0 fully saturated rings. The SMILES string of the molecule is C1=CCCC(c2cccc(-n3c4c(c5ccccc53)-c3ccccc3N(c3ccc5ccc(C6=NC(c7ccccc7)NC(c7ccccc7)=N6)cc5c3)c3ccccc3-4)c2)=C1. The fourth-order valence-electron chi connectivity index (χ4n) is 9.52. The largest absolute Gasteiger partial charge is 0.344 e. The summed E-state index contributed by atoms with van der Waals surface area (Å²) in [4.78, 5) is 12.8. The molecule has 62 heavy (non-hydrogen) atoms. The molecule has 0 saturated heterocycles. The number of amidine groups is 2. The Labute approximate surface area is 361 Å². The van der Waals surface area contributed by atoms with Crippen molar-refractivity contribution < 1.29 is 0 Å². The number of nitrogens with zero attached hydrogens (tertiary/aromatic N) is 4. The summed E-state index contributed by atoms with van der Waals surface area (Å²) in [6.07, 6.45) is 8.55. The third kappa shape index (κ3) is 6.09. The molecule has 0 amide bonds. The Morgan fingerprint density at radius 1 is 0.548 bits per heavy atom. The molecule has 5 nitrogen and oxygen atoms in total. The standard InChI is InChI=1S/C57H41N5/c1-4-17-38(18-5-1)42-23-16-24-45(36-42)62-51-29-14-11-26-48(51)53-47-25-10-13-28-50(47)61(52-30-15-12-27-49(52)54(53)62)46-34-33-39-31-32-43(35-44(39)37-46)57-59-55(40-19-6-2-7-20-40)58-56(60-57)41-21-8-3-9-22-41/h1-4,6-17,19-37,55H,5,18H2,(H,58,59,60). The quantitative estimate of drug-likeness (QED) is 0.182. The molecule has 294 valence electrons. The van der Waals surface area contributed by atoms with Gasteiger partial charge in [0.2, 0.25) is 0 Å². The molecule has 9 aromatic rings. The average molecular weight is 796 g/mol. The first-order valence-electron chi connectivity index (χ1n) is 21.4. The van der Waals surface area contributed by atoms with E-state index in [1.54, 1.807) is 0 Å². The van der Waals surface area contributed by atoms with Crippen LogP contribution in [0.5, 0.6) is 0 Å². The van der Waals surface area contributed by atoms with Gasteiger partial charge in [-0.15, -0.1) is 0 Å². The summed E-state index contributed by atoms with van der Waals surface area (Å²) in [6.45, 7) is 0. The van der Waals surface area contributed by atoms with Crippen molar-refractivity contribution in [2.24, 2.45) is 9.98 Å². The molecule has 5 heteroatoms. The van der Waals surface area contributed by atoms with Crippen molar-refractivity contribution in [2.45, 2.75) is 19.0 Å². The fourth-order valence-corrected chi connectivity index (χ4v) is 9.52. The predicted molar refractivity (Wildman–Crippen MR) is 258 cm³/mol. The molecule has 3 aliphatic rings. The highest BCUT2D eigenvalue weighted by atomic mass is 15.2. The summed E-state index contributed by atoms with van der Waals surface area (Å²) in [6, 6.07) is 69.9. The number of hydrogen-bond donors (Lipinski definition) is 1. The lowest BCUT2D eigenvalue weighted by atomic mass is 9.97. The smallest absolute Gasteiger partial charge is 0.159 e. The predicted octanol–water partition coefficient (Wildman–Crippen LogP) is 14.1. The van der Waals surface area contributed by atoms with Gasteiger partial charge in [-0.1, -0.05) is 164 Å². The molecule has 0 bridgehead atoms. The van der Waals surface area contributed by atoms with Crippen LogP contribution < -0.4 is 10.2 Å². The van der Waals surface area contributed by atoms with Crippen LogP contribution in [-0.4, -0.2) is 16.2 Å². The topological polar surface area (TPSA) is 44.9 Å². The van der Waals surface area contributed by atoms with Gasteiger partial charge in [0.1, 0.15) is 12.0 Å². The maximum absolute atomic E-state index is 5.20. The maximum atomic E-state index is 5.20. The molecule has 1 aromatic heterocycles. The second kappa shape index (κ2) is 14.9. The van der Waals surface area contributed by atoms with Crippen molar-refractivity contribution in [2.75, 3.05) is 4.90 Å². The monoisotopic (exact) mass is 795 g/mol. The minimum absolute atomic E-state index is 0.269. The summed E-state index contributed by atoms with van der Waals surface area (Å²) in [7, 11) is 0. The first-order chi connectivity index (χ1) is 30.7. The number of anilines is 3. The highest BCUT2D eigenvalue weighted by molar-refractivity contribution is 6.15. The van der Waals surface area contributed by atoms with E-state index in [0.29, 0.717) is 5.84 Å². The minimum Gasteiger partial charge on any atom is -0.344 e. The van der Waals surface area contributed by atoms with Crippen LogP contribution in [0.4, 0.5) is 17.1 Å². The molecule has 3 heterocycles. The van der Waals surface area contributed by atoms with Gasteiger partial charge in [0, 0.05) is 44.6 Å². The van der Waals surface area contributed by atoms with E-state index in [-0.39, 0.29) is 6.17 Å². The molecular formula is C57H41N5. The zero-order valence-corrected chi connectivity index (χ0v) is 34.0. The van der Waals surface area contributed by atoms with Crippen molar-refractivity contribution in [3.05, 3.63) is 235 Å². The second-order valence-corrected chi connectivity index (χ2v) is 16.1. The molecule has 12 rings (SSSR count). The van der Waals surface area contributed by atoms with Gasteiger partial charge in [0.15, 0.2) is 5.84 Å². The van der Waals surface area contributed by atoms with E-state index in [1.807, 2.05) is 24.3 Å². The van der Waals surface area contributed by atoms with Crippen molar-refractivity contribution >= 4 is 56.0 Å². The van der Waals surface area contributed by atoms with Crippen LogP contribution in [0.25, 0.3) is 55.3 Å². The van der Waals surface area contributed by atoms with Gasteiger partial charge in [-0.3, -0.25) is 0 Å². The second-order valence-electron chi connectivity index (χ2n) is 16.1. The molecule has 1 atom stereocenters. The number of fused-ring (bicyclic) bond motifs is 8. The number of rotatable bonds is 6. The number of aromatic nitrogens is 1. The molecule has 1 aliphatic carbocycles. The molecule has 1 unspecified atom stereocenters. The maximum Gasteiger partial charge on any atom is 0.159 e. The summed E-state index contributed by atoms with van der Waals surface area (Å²) in [5, 5.41) is 7.09. The van der Waals surface area contributed by atoms with E-state index in [9.17, 15) is 0 Å². The van der Waals surface area contributed by atoms with Crippen LogP contribution in [-0.2, 0) is 0 Å². The van der Waals surface area contributed by atoms with Gasteiger partial charge in [-0.05, 0) is 88.8 Å². The first-order valence-corrected chi connectivity index (χ1v) is 21.4. The molecule has 2 aliphatic heterocycles. The first kappa shape index (κ1) is 35.9. The number of benzene rings is 8. The highest BCUT2D eigenvalue weighted by Crippen LogP contribution is 2.54. The Balaban J connectivity index is 1.03. The molecule has 8 aromatic carbocycles. The van der Waals surface area contributed by atoms with Gasteiger partial charge < -0.3 is 14.8 Å². The van der Waals surface area contributed by atoms with Crippen LogP contribution in [0.2, 0.25) is 0 Å². The normalized spacial score (nSPS) is 15.5. The average Bonchev–Trinajstić information content (AvgIpc) is 3.63. The Hall–Kier alpha value is -8.02. The van der Waals surface area contributed by atoms with E-state index in [1.165, 1.54) is 44.4 Å². The molecule has 1 N–H and O–H groups in total. The van der Waals surface area contributed by atoms with Crippen molar-refractivity contribution in [3.8, 4) is 28.1 Å². The fraction of sp³-hybridized carbons (Fsp3) is 0.0526. The molecule has 0 saturated carbocycles. The lowest BCUT2D eigenvalue weighted by Crippen LogP contribution is -2.33. The van der Waals surface area contributed by atoms with Gasteiger partial charge in [0.25, 0.3) is 0 Å². The van der Waals surface area contributed by atoms with Gasteiger partial charge >= 0.3 is 0 Å². The van der Waals surface area contributed by atoms with Crippen LogP contribution in [0.3, 0.4) is 0 Å². The van der Waals surface area contributed by atoms with Crippen molar-refractivity contribution in [1.29, 1.82) is 0 Å². The zero-order chi connectivity index (χ0) is 41.0. The third-order valence-corrected chi connectivity index (χ3v) is 12.4. The van der Waals surface area contributed by atoms with E-state index in [4.69, 9.17) is 9.98 Å². The van der Waals surface area contributed by atoms with Crippen LogP contribution in [0, 0.1) is 0 Å². The lowest BCUT2D eigenvalue weighted by molar-refractivity contribution is 0.674. The van der Waals surface area contributed by atoms with Crippen molar-refractivity contribution in [1.82, 2.24) is 9.88 Å². The number of hydrogen-bond acceptors (Lipinski definition) is 4. The summed E-state index contributed by atoms with van der Waals surface area (Å²) in [5.41, 5.74) is 16.2. The highest BCUT2D eigenvalue weighted by Gasteiger charge is 2.31. The Morgan fingerprint density at radius 3 is 2.11 bits per heavy atom. The molecule has 0 spiro atoms. The van der Waals surface area contributed by atoms with Crippen LogP contribution in [0.1, 0.15) is 41.3 Å². The van der Waals surface area contributed by atoms with E-state index < -0.39 is 0 Å². The third-order valence-electron chi connectivity index (χ3n) is 12.4. The van der Waals surface area contributed by atoms with E-state index in [0.717, 1.165) is 68.9 Å². The molecule has 0 radical (unpaired) electrons. The number of nitrogens with one attached hydrogen (secondary N) is 1. The number of para-hydroxylation sites is 3. The van der Waals surface area contributed by atoms with Gasteiger partial charge in [-0.25, -0.2) is 9.98 Å². The molecular weight excluding hydrogens is 755 g/mol. The van der Waals surface area contributed by atoms with E-state index in [2.05, 4.69) is 203 Å². The van der Waals surface area contributed by atoms with Gasteiger partial charge in [-0.2, -0.15) is 0 Å². The Kier molecular flexibility index (Phi) is 8.63. The van der Waals surface area contributed by atoms with E-state index >= 15 is 0 Å².